The van der Waals surface area contributed by atoms with Crippen molar-refractivity contribution in [3.05, 3.63) is 28.8 Å². The van der Waals surface area contributed by atoms with Gasteiger partial charge in [0.2, 0.25) is 11.8 Å². The van der Waals surface area contributed by atoms with Crippen molar-refractivity contribution in [2.24, 2.45) is 16.7 Å². The molecule has 2 aliphatic heterocycles. The Hall–Kier alpha value is -1.59. The molecule has 0 aliphatic carbocycles. The lowest BCUT2D eigenvalue weighted by Gasteiger charge is -2.39. The van der Waals surface area contributed by atoms with E-state index >= 15 is 0 Å². The van der Waals surface area contributed by atoms with Gasteiger partial charge in [-0.05, 0) is 41.4 Å². The topological polar surface area (TPSA) is 70.2 Å². The third-order valence-corrected chi connectivity index (χ3v) is 6.38. The van der Waals surface area contributed by atoms with Crippen LogP contribution in [0, 0.1) is 16.7 Å². The number of fused-ring (bicyclic) bond motifs is 2. The van der Waals surface area contributed by atoms with Crippen molar-refractivity contribution in [3.8, 4) is 0 Å². The van der Waals surface area contributed by atoms with Gasteiger partial charge in [0.05, 0.1) is 11.5 Å². The van der Waals surface area contributed by atoms with Crippen LogP contribution in [0.5, 0.6) is 0 Å². The molecule has 0 saturated carbocycles. The molecule has 3 N–H and O–H groups in total. The number of carbonyl (C=O) groups is 2. The fourth-order valence-corrected chi connectivity index (χ4v) is 5.39. The molecule has 2 heterocycles. The van der Waals surface area contributed by atoms with Gasteiger partial charge in [-0.15, -0.1) is 0 Å². The van der Waals surface area contributed by atoms with E-state index in [-0.39, 0.29) is 34.6 Å². The third-order valence-electron chi connectivity index (χ3n) is 6.15. The fourth-order valence-electron chi connectivity index (χ4n) is 5.21. The van der Waals surface area contributed by atoms with E-state index in [2.05, 4.69) is 57.5 Å². The van der Waals surface area contributed by atoms with E-state index in [0.29, 0.717) is 5.02 Å². The maximum absolute atomic E-state index is 13.7. The van der Waals surface area contributed by atoms with Crippen molar-refractivity contribution in [1.82, 2.24) is 10.6 Å². The molecule has 4 atom stereocenters. The molecule has 2 amide bonds. The summed E-state index contributed by atoms with van der Waals surface area (Å²) in [5, 5.41) is 10.1. The van der Waals surface area contributed by atoms with Crippen LogP contribution in [0.25, 0.3) is 0 Å². The van der Waals surface area contributed by atoms with Crippen LogP contribution in [0.3, 0.4) is 0 Å². The summed E-state index contributed by atoms with van der Waals surface area (Å²) in [4.78, 5) is 26.6. The van der Waals surface area contributed by atoms with Crippen molar-refractivity contribution in [2.75, 3.05) is 12.4 Å². The highest BCUT2D eigenvalue weighted by molar-refractivity contribution is 6.31. The van der Waals surface area contributed by atoms with Crippen molar-refractivity contribution >= 4 is 29.1 Å². The highest BCUT2D eigenvalue weighted by Crippen LogP contribution is 2.55. The standard InChI is InChI=1S/C23H34ClN3O2/c1-21(2,3)11-15-18(19(28)25-7)27-17(12-22(4,5)6)23(15)14-9-8-13(24)10-16(14)26-20(23)29/h8-10,15,17-18,27H,11-12H2,1-7H3,(H,25,28)(H,26,29)/t15-,17+,18+,23+/m0/s1. The molecule has 1 spiro atoms. The molecule has 0 unspecified atom stereocenters. The number of anilines is 1. The minimum absolute atomic E-state index is 0.00993. The Morgan fingerprint density at radius 2 is 1.76 bits per heavy atom. The molecule has 0 radical (unpaired) electrons. The molecule has 0 aromatic heterocycles. The van der Waals surface area contributed by atoms with Gasteiger partial charge in [0, 0.05) is 29.7 Å². The monoisotopic (exact) mass is 419 g/mol. The average molecular weight is 420 g/mol. The number of nitrogens with one attached hydrogen (secondary N) is 3. The number of halogens is 1. The number of benzene rings is 1. The lowest BCUT2D eigenvalue weighted by atomic mass is 9.61. The van der Waals surface area contributed by atoms with Gasteiger partial charge >= 0.3 is 0 Å². The number of hydrogen-bond acceptors (Lipinski definition) is 3. The molecule has 160 valence electrons. The largest absolute Gasteiger partial charge is 0.358 e. The van der Waals surface area contributed by atoms with Gasteiger partial charge in [-0.2, -0.15) is 0 Å². The smallest absolute Gasteiger partial charge is 0.237 e. The number of amides is 2. The quantitative estimate of drug-likeness (QED) is 0.690. The fraction of sp³-hybridized carbons (Fsp3) is 0.652. The van der Waals surface area contributed by atoms with Crippen LogP contribution in [-0.2, 0) is 15.0 Å². The summed E-state index contributed by atoms with van der Waals surface area (Å²) in [6.45, 7) is 13.0. The number of likely N-dealkylation sites (N-methyl/N-ethyl adjacent to an activating group) is 1. The van der Waals surface area contributed by atoms with Gasteiger partial charge in [-0.3, -0.25) is 9.59 Å². The zero-order valence-corrected chi connectivity index (χ0v) is 19.3. The van der Waals surface area contributed by atoms with Crippen molar-refractivity contribution < 1.29 is 9.59 Å². The van der Waals surface area contributed by atoms with E-state index in [1.54, 1.807) is 7.05 Å². The minimum Gasteiger partial charge on any atom is -0.358 e. The summed E-state index contributed by atoms with van der Waals surface area (Å²) in [5.41, 5.74) is 0.855. The van der Waals surface area contributed by atoms with Crippen LogP contribution in [-0.4, -0.2) is 30.9 Å². The first-order valence-electron chi connectivity index (χ1n) is 10.4. The predicted octanol–water partition coefficient (Wildman–Crippen LogP) is 4.10. The zero-order valence-electron chi connectivity index (χ0n) is 18.6. The van der Waals surface area contributed by atoms with Gasteiger partial charge < -0.3 is 16.0 Å². The van der Waals surface area contributed by atoms with E-state index in [1.807, 2.05) is 18.2 Å². The van der Waals surface area contributed by atoms with Crippen LogP contribution in [0.4, 0.5) is 5.69 Å². The normalized spacial score (nSPS) is 29.1. The van der Waals surface area contributed by atoms with Gasteiger partial charge in [-0.25, -0.2) is 0 Å². The molecule has 6 heteroatoms. The molecule has 1 fully saturated rings. The van der Waals surface area contributed by atoms with Gasteiger partial charge in [0.1, 0.15) is 0 Å². The molecule has 3 rings (SSSR count). The van der Waals surface area contributed by atoms with E-state index in [1.165, 1.54) is 0 Å². The van der Waals surface area contributed by atoms with Gasteiger partial charge in [0.15, 0.2) is 0 Å². The molecule has 5 nitrogen and oxygen atoms in total. The highest BCUT2D eigenvalue weighted by atomic mass is 35.5. The van der Waals surface area contributed by atoms with Crippen LogP contribution >= 0.6 is 11.6 Å². The maximum atomic E-state index is 13.7. The van der Waals surface area contributed by atoms with Crippen LogP contribution in [0.1, 0.15) is 59.9 Å². The van der Waals surface area contributed by atoms with Crippen LogP contribution < -0.4 is 16.0 Å². The lowest BCUT2D eigenvalue weighted by Crippen LogP contribution is -2.51. The first-order chi connectivity index (χ1) is 13.3. The Balaban J connectivity index is 2.24. The Labute approximate surface area is 179 Å². The predicted molar refractivity (Wildman–Crippen MR) is 118 cm³/mol. The summed E-state index contributed by atoms with van der Waals surface area (Å²) in [6.07, 6.45) is 1.52. The number of rotatable bonds is 3. The number of carbonyl (C=O) groups excluding carboxylic acids is 2. The summed E-state index contributed by atoms with van der Waals surface area (Å²) in [7, 11) is 1.66. The second-order valence-electron chi connectivity index (χ2n) is 11.0. The summed E-state index contributed by atoms with van der Waals surface area (Å²) in [6, 6.07) is 5.05. The Morgan fingerprint density at radius 3 is 2.31 bits per heavy atom. The molecule has 29 heavy (non-hydrogen) atoms. The number of hydrogen-bond donors (Lipinski definition) is 3. The average Bonchev–Trinajstić information content (AvgIpc) is 3.01. The van der Waals surface area contributed by atoms with Crippen molar-refractivity contribution in [2.45, 2.75) is 71.9 Å². The van der Waals surface area contributed by atoms with Gasteiger partial charge in [0.25, 0.3) is 0 Å². The first-order valence-corrected chi connectivity index (χ1v) is 10.8. The SMILES string of the molecule is CNC(=O)[C@@H]1N[C@H](CC(C)(C)C)[C@]2(C(=O)Nc3cc(Cl)ccc32)[C@H]1CC(C)(C)C. The highest BCUT2D eigenvalue weighted by Gasteiger charge is 2.65. The molecular formula is C23H34ClN3O2. The van der Waals surface area contributed by atoms with Crippen molar-refractivity contribution in [1.29, 1.82) is 0 Å². The van der Waals surface area contributed by atoms with Gasteiger partial charge in [-0.1, -0.05) is 59.2 Å². The van der Waals surface area contributed by atoms with Crippen molar-refractivity contribution in [3.63, 3.8) is 0 Å². The minimum atomic E-state index is -0.808. The van der Waals surface area contributed by atoms with Crippen LogP contribution in [0.2, 0.25) is 5.02 Å². The second kappa shape index (κ2) is 7.28. The summed E-state index contributed by atoms with van der Waals surface area (Å²) < 4.78 is 0. The molecule has 2 aliphatic rings. The maximum Gasteiger partial charge on any atom is 0.237 e. The first kappa shape index (κ1) is 22.1. The lowest BCUT2D eigenvalue weighted by molar-refractivity contribution is -0.125. The zero-order chi connectivity index (χ0) is 21.8. The van der Waals surface area contributed by atoms with E-state index in [0.717, 1.165) is 24.1 Å². The van der Waals surface area contributed by atoms with E-state index < -0.39 is 11.5 Å². The van der Waals surface area contributed by atoms with E-state index in [4.69, 9.17) is 11.6 Å². The molecule has 1 aromatic rings. The molecular weight excluding hydrogens is 386 g/mol. The molecule has 1 aromatic carbocycles. The molecule has 0 bridgehead atoms. The van der Waals surface area contributed by atoms with Crippen LogP contribution in [0.15, 0.2) is 18.2 Å². The Bertz CT molecular complexity index is 824. The van der Waals surface area contributed by atoms with E-state index in [9.17, 15) is 9.59 Å². The Morgan fingerprint density at radius 1 is 1.14 bits per heavy atom. The summed E-state index contributed by atoms with van der Waals surface area (Å²) in [5.74, 6) is -0.264. The molecule has 1 saturated heterocycles. The third kappa shape index (κ3) is 3.91. The second-order valence-corrected chi connectivity index (χ2v) is 11.4. The summed E-state index contributed by atoms with van der Waals surface area (Å²) >= 11 is 6.22. The Kier molecular flexibility index (Phi) is 5.55.